The lowest BCUT2D eigenvalue weighted by Gasteiger charge is -2.23. The van der Waals surface area contributed by atoms with Gasteiger partial charge >= 0.3 is 5.97 Å². The number of hydrogen-bond acceptors (Lipinski definition) is 6. The van der Waals surface area contributed by atoms with E-state index in [-0.39, 0.29) is 35.2 Å². The van der Waals surface area contributed by atoms with Crippen LogP contribution in [0.2, 0.25) is 0 Å². The summed E-state index contributed by atoms with van der Waals surface area (Å²) in [5.41, 5.74) is -0.000770. The van der Waals surface area contributed by atoms with Crippen LogP contribution in [0.3, 0.4) is 0 Å². The third-order valence-electron chi connectivity index (χ3n) is 4.69. The quantitative estimate of drug-likeness (QED) is 0.670. The molecule has 9 heteroatoms. The van der Waals surface area contributed by atoms with E-state index in [0.29, 0.717) is 6.42 Å². The monoisotopic (exact) mass is 435 g/mol. The largest absolute Gasteiger partial charge is 0.488 e. The molecule has 1 heterocycles. The van der Waals surface area contributed by atoms with Gasteiger partial charge in [-0.3, -0.25) is 4.79 Å². The fourth-order valence-corrected chi connectivity index (χ4v) is 5.29. The molecule has 1 amide bonds. The van der Waals surface area contributed by atoms with Crippen molar-refractivity contribution >= 4 is 21.7 Å². The Morgan fingerprint density at radius 2 is 1.83 bits per heavy atom. The second kappa shape index (κ2) is 8.83. The normalized spacial score (nSPS) is 19.8. The Morgan fingerprint density at radius 1 is 1.13 bits per heavy atom. The molecular formula is C21H22FNO6S. The number of amides is 1. The van der Waals surface area contributed by atoms with Crippen LogP contribution in [-0.4, -0.2) is 43.9 Å². The zero-order chi connectivity index (χ0) is 21.8. The van der Waals surface area contributed by atoms with E-state index in [1.165, 1.54) is 18.2 Å². The molecule has 1 aliphatic rings. The summed E-state index contributed by atoms with van der Waals surface area (Å²) in [6.45, 7) is 1.23. The van der Waals surface area contributed by atoms with Gasteiger partial charge in [0.2, 0.25) is 0 Å². The lowest BCUT2D eigenvalue weighted by atomic mass is 10.0. The number of hydrogen-bond donors (Lipinski definition) is 1. The van der Waals surface area contributed by atoms with Gasteiger partial charge in [0.05, 0.1) is 17.0 Å². The van der Waals surface area contributed by atoms with Crippen LogP contribution in [0, 0.1) is 5.82 Å². The maximum atomic E-state index is 13.0. The first-order valence-electron chi connectivity index (χ1n) is 9.31. The van der Waals surface area contributed by atoms with Gasteiger partial charge in [-0.05, 0) is 43.2 Å². The van der Waals surface area contributed by atoms with Crippen molar-refractivity contribution in [3.8, 4) is 5.75 Å². The highest BCUT2D eigenvalue weighted by molar-refractivity contribution is 7.91. The molecule has 1 fully saturated rings. The molecule has 160 valence electrons. The maximum Gasteiger partial charge on any atom is 0.342 e. The topological polar surface area (TPSA) is 98.8 Å². The fourth-order valence-electron chi connectivity index (χ4n) is 3.19. The van der Waals surface area contributed by atoms with Crippen molar-refractivity contribution in [2.45, 2.75) is 25.5 Å². The SMILES string of the molecule is CC1(NC(=O)COC(=O)c2ccccc2OCc2ccc(F)cc2)CCS(=O)(=O)C1. The van der Waals surface area contributed by atoms with Gasteiger partial charge in [-0.15, -0.1) is 0 Å². The van der Waals surface area contributed by atoms with E-state index in [9.17, 15) is 22.4 Å². The predicted molar refractivity (Wildman–Crippen MR) is 107 cm³/mol. The summed E-state index contributed by atoms with van der Waals surface area (Å²) in [5, 5.41) is 2.63. The number of esters is 1. The van der Waals surface area contributed by atoms with E-state index in [4.69, 9.17) is 9.47 Å². The molecule has 1 N–H and O–H groups in total. The Bertz CT molecular complexity index is 1040. The number of para-hydroxylation sites is 1. The van der Waals surface area contributed by atoms with E-state index in [0.717, 1.165) is 5.56 Å². The third-order valence-corrected chi connectivity index (χ3v) is 6.60. The second-order valence-electron chi connectivity index (χ2n) is 7.44. The molecular weight excluding hydrogens is 413 g/mol. The lowest BCUT2D eigenvalue weighted by molar-refractivity contribution is -0.125. The number of carbonyl (C=O) groups excluding carboxylic acids is 2. The van der Waals surface area contributed by atoms with Crippen molar-refractivity contribution in [2.75, 3.05) is 18.1 Å². The maximum absolute atomic E-state index is 13.0. The van der Waals surface area contributed by atoms with Gasteiger partial charge in [-0.1, -0.05) is 24.3 Å². The average Bonchev–Trinajstić information content (AvgIpc) is 2.98. The highest BCUT2D eigenvalue weighted by Gasteiger charge is 2.39. The summed E-state index contributed by atoms with van der Waals surface area (Å²) < 4.78 is 47.0. The number of ether oxygens (including phenoxy) is 2. The zero-order valence-corrected chi connectivity index (χ0v) is 17.2. The van der Waals surface area contributed by atoms with E-state index >= 15 is 0 Å². The molecule has 3 rings (SSSR count). The summed E-state index contributed by atoms with van der Waals surface area (Å²) in [7, 11) is -3.17. The van der Waals surface area contributed by atoms with Crippen LogP contribution >= 0.6 is 0 Å². The first-order valence-corrected chi connectivity index (χ1v) is 11.1. The van der Waals surface area contributed by atoms with Crippen molar-refractivity contribution in [3.63, 3.8) is 0 Å². The smallest absolute Gasteiger partial charge is 0.342 e. The van der Waals surface area contributed by atoms with Gasteiger partial charge < -0.3 is 14.8 Å². The van der Waals surface area contributed by atoms with Crippen LogP contribution in [-0.2, 0) is 26.0 Å². The molecule has 1 aliphatic heterocycles. The molecule has 2 aromatic rings. The van der Waals surface area contributed by atoms with Crippen molar-refractivity contribution < 1.29 is 31.9 Å². The van der Waals surface area contributed by atoms with E-state index in [2.05, 4.69) is 5.32 Å². The average molecular weight is 435 g/mol. The Balaban J connectivity index is 1.56. The molecule has 7 nitrogen and oxygen atoms in total. The first kappa shape index (κ1) is 21.8. The molecule has 30 heavy (non-hydrogen) atoms. The van der Waals surface area contributed by atoms with Crippen LogP contribution in [0.15, 0.2) is 48.5 Å². The predicted octanol–water partition coefficient (Wildman–Crippen LogP) is 2.25. The Morgan fingerprint density at radius 3 is 2.50 bits per heavy atom. The Labute approximate surface area is 174 Å². The van der Waals surface area contributed by atoms with Crippen molar-refractivity contribution in [1.29, 1.82) is 0 Å². The number of halogens is 1. The van der Waals surface area contributed by atoms with Crippen LogP contribution in [0.4, 0.5) is 4.39 Å². The molecule has 1 saturated heterocycles. The lowest BCUT2D eigenvalue weighted by Crippen LogP contribution is -2.48. The molecule has 0 radical (unpaired) electrons. The molecule has 0 spiro atoms. The Kier molecular flexibility index (Phi) is 6.40. The van der Waals surface area contributed by atoms with Gasteiger partial charge in [0.1, 0.15) is 23.7 Å². The van der Waals surface area contributed by atoms with E-state index < -0.39 is 33.9 Å². The van der Waals surface area contributed by atoms with E-state index in [1.807, 2.05) is 0 Å². The standard InChI is InChI=1S/C21H22FNO6S/c1-21(10-11-30(26,27)14-21)23-19(24)13-29-20(25)17-4-2-3-5-18(17)28-12-15-6-8-16(22)9-7-15/h2-9H,10-14H2,1H3,(H,23,24). The summed E-state index contributed by atoms with van der Waals surface area (Å²) in [4.78, 5) is 24.5. The number of benzene rings is 2. The van der Waals surface area contributed by atoms with Gasteiger partial charge in [-0.25, -0.2) is 17.6 Å². The summed E-state index contributed by atoms with van der Waals surface area (Å²) in [6.07, 6.45) is 0.315. The fraction of sp³-hybridized carbons (Fsp3) is 0.333. The van der Waals surface area contributed by atoms with Gasteiger partial charge in [0.15, 0.2) is 16.4 Å². The van der Waals surface area contributed by atoms with E-state index in [1.54, 1.807) is 37.3 Å². The number of rotatable bonds is 7. The number of nitrogens with one attached hydrogen (secondary N) is 1. The summed E-state index contributed by atoms with van der Waals surface area (Å²) in [5.74, 6) is -1.54. The Hall–Kier alpha value is -2.94. The summed E-state index contributed by atoms with van der Waals surface area (Å²) in [6, 6.07) is 12.2. The van der Waals surface area contributed by atoms with Crippen molar-refractivity contribution in [2.24, 2.45) is 0 Å². The number of sulfone groups is 1. The van der Waals surface area contributed by atoms with Crippen LogP contribution < -0.4 is 10.1 Å². The number of carbonyl (C=O) groups is 2. The van der Waals surface area contributed by atoms with Crippen molar-refractivity contribution in [3.05, 3.63) is 65.5 Å². The van der Waals surface area contributed by atoms with Crippen LogP contribution in [0.1, 0.15) is 29.3 Å². The van der Waals surface area contributed by atoms with Crippen LogP contribution in [0.5, 0.6) is 5.75 Å². The van der Waals surface area contributed by atoms with Gasteiger partial charge in [-0.2, -0.15) is 0 Å². The third kappa shape index (κ3) is 5.79. The molecule has 1 unspecified atom stereocenters. The van der Waals surface area contributed by atoms with Gasteiger partial charge in [0.25, 0.3) is 5.91 Å². The molecule has 1 atom stereocenters. The zero-order valence-electron chi connectivity index (χ0n) is 16.4. The molecule has 0 bridgehead atoms. The minimum Gasteiger partial charge on any atom is -0.488 e. The molecule has 2 aromatic carbocycles. The minimum atomic E-state index is -3.17. The second-order valence-corrected chi connectivity index (χ2v) is 9.62. The highest BCUT2D eigenvalue weighted by Crippen LogP contribution is 2.23. The van der Waals surface area contributed by atoms with Crippen LogP contribution in [0.25, 0.3) is 0 Å². The minimum absolute atomic E-state index is 0.0162. The van der Waals surface area contributed by atoms with Crippen molar-refractivity contribution in [1.82, 2.24) is 5.32 Å². The molecule has 0 aromatic heterocycles. The highest BCUT2D eigenvalue weighted by atomic mass is 32.2. The molecule has 0 aliphatic carbocycles. The molecule has 0 saturated carbocycles. The van der Waals surface area contributed by atoms with Gasteiger partial charge in [0, 0.05) is 0 Å². The summed E-state index contributed by atoms with van der Waals surface area (Å²) >= 11 is 0. The first-order chi connectivity index (χ1) is 14.2.